The molecule has 4 heteroatoms. The maximum atomic E-state index is 9.24. The predicted molar refractivity (Wildman–Crippen MR) is 71.3 cm³/mol. The van der Waals surface area contributed by atoms with Crippen molar-refractivity contribution in [3.05, 3.63) is 29.3 Å². The third-order valence-electron chi connectivity index (χ3n) is 3.35. The summed E-state index contributed by atoms with van der Waals surface area (Å²) in [4.78, 5) is 2.23. The first-order valence-electron chi connectivity index (χ1n) is 6.38. The Morgan fingerprint density at radius 1 is 1.56 bits per heavy atom. The van der Waals surface area contributed by atoms with E-state index in [2.05, 4.69) is 17.9 Å². The summed E-state index contributed by atoms with van der Waals surface area (Å²) in [5.41, 5.74) is 8.30. The Morgan fingerprint density at radius 2 is 2.39 bits per heavy atom. The van der Waals surface area contributed by atoms with E-state index >= 15 is 0 Å². The van der Waals surface area contributed by atoms with E-state index in [1.54, 1.807) is 0 Å². The number of nitrogens with zero attached hydrogens (tertiary/aromatic N) is 2. The zero-order valence-electron chi connectivity index (χ0n) is 10.7. The SMILES string of the molecule is CCC1CN(c2ccc(CN)cc2C#N)CCO1. The summed E-state index contributed by atoms with van der Waals surface area (Å²) in [6.07, 6.45) is 1.26. The van der Waals surface area contributed by atoms with Gasteiger partial charge in [-0.2, -0.15) is 5.26 Å². The predicted octanol–water partition coefficient (Wildman–Crippen LogP) is 1.63. The van der Waals surface area contributed by atoms with E-state index in [4.69, 9.17) is 10.5 Å². The highest BCUT2D eigenvalue weighted by atomic mass is 16.5. The standard InChI is InChI=1S/C14H19N3O/c1-2-13-10-17(5-6-18-13)14-4-3-11(8-15)7-12(14)9-16/h3-4,7,13H,2,5-6,8,10,15H2,1H3. The molecule has 4 nitrogen and oxygen atoms in total. The van der Waals surface area contributed by atoms with E-state index in [-0.39, 0.29) is 6.10 Å². The van der Waals surface area contributed by atoms with Gasteiger partial charge in [0.25, 0.3) is 0 Å². The van der Waals surface area contributed by atoms with Crippen molar-refractivity contribution in [1.29, 1.82) is 5.26 Å². The molecule has 0 spiro atoms. The molecule has 0 radical (unpaired) electrons. The molecule has 0 amide bonds. The van der Waals surface area contributed by atoms with Gasteiger partial charge in [-0.1, -0.05) is 13.0 Å². The van der Waals surface area contributed by atoms with Crippen LogP contribution in [0.5, 0.6) is 0 Å². The second-order valence-electron chi connectivity index (χ2n) is 4.51. The van der Waals surface area contributed by atoms with Crippen LogP contribution >= 0.6 is 0 Å². The maximum Gasteiger partial charge on any atom is 0.101 e. The summed E-state index contributed by atoms with van der Waals surface area (Å²) in [5.74, 6) is 0. The van der Waals surface area contributed by atoms with Crippen LogP contribution in [-0.2, 0) is 11.3 Å². The van der Waals surface area contributed by atoms with E-state index in [1.807, 2.05) is 18.2 Å². The quantitative estimate of drug-likeness (QED) is 0.879. The second kappa shape index (κ2) is 5.85. The first kappa shape index (κ1) is 12.9. The summed E-state index contributed by atoms with van der Waals surface area (Å²) >= 11 is 0. The normalized spacial score (nSPS) is 19.6. The van der Waals surface area contributed by atoms with E-state index in [0.29, 0.717) is 12.1 Å². The smallest absolute Gasteiger partial charge is 0.101 e. The Morgan fingerprint density at radius 3 is 3.06 bits per heavy atom. The largest absolute Gasteiger partial charge is 0.375 e. The van der Waals surface area contributed by atoms with Gasteiger partial charge in [0.2, 0.25) is 0 Å². The number of rotatable bonds is 3. The van der Waals surface area contributed by atoms with Crippen molar-refractivity contribution in [2.45, 2.75) is 26.0 Å². The van der Waals surface area contributed by atoms with Gasteiger partial charge in [0.1, 0.15) is 6.07 Å². The van der Waals surface area contributed by atoms with Gasteiger partial charge in [0, 0.05) is 19.6 Å². The number of anilines is 1. The molecule has 0 aliphatic carbocycles. The number of morpholine rings is 1. The van der Waals surface area contributed by atoms with Crippen LogP contribution in [0.1, 0.15) is 24.5 Å². The van der Waals surface area contributed by atoms with E-state index in [0.717, 1.165) is 37.4 Å². The molecular weight excluding hydrogens is 226 g/mol. The first-order valence-corrected chi connectivity index (χ1v) is 6.38. The summed E-state index contributed by atoms with van der Waals surface area (Å²) < 4.78 is 5.65. The van der Waals surface area contributed by atoms with Crippen molar-refractivity contribution in [3.8, 4) is 6.07 Å². The van der Waals surface area contributed by atoms with Crippen LogP contribution in [0.4, 0.5) is 5.69 Å². The van der Waals surface area contributed by atoms with Crippen molar-refractivity contribution >= 4 is 5.69 Å². The molecule has 1 aromatic rings. The Bertz CT molecular complexity index is 453. The zero-order chi connectivity index (χ0) is 13.0. The van der Waals surface area contributed by atoms with Gasteiger partial charge >= 0.3 is 0 Å². The topological polar surface area (TPSA) is 62.3 Å². The summed E-state index contributed by atoms with van der Waals surface area (Å²) in [5, 5.41) is 9.24. The number of ether oxygens (including phenoxy) is 1. The highest BCUT2D eigenvalue weighted by Crippen LogP contribution is 2.24. The molecule has 1 aromatic carbocycles. The molecule has 2 rings (SSSR count). The van der Waals surface area contributed by atoms with Crippen LogP contribution in [0.3, 0.4) is 0 Å². The average Bonchev–Trinajstić information content (AvgIpc) is 2.46. The molecule has 2 N–H and O–H groups in total. The number of benzene rings is 1. The van der Waals surface area contributed by atoms with E-state index < -0.39 is 0 Å². The lowest BCUT2D eigenvalue weighted by Gasteiger charge is -2.34. The minimum atomic E-state index is 0.263. The molecule has 1 atom stereocenters. The zero-order valence-corrected chi connectivity index (χ0v) is 10.7. The van der Waals surface area contributed by atoms with Crippen molar-refractivity contribution in [2.24, 2.45) is 5.73 Å². The third kappa shape index (κ3) is 2.63. The minimum Gasteiger partial charge on any atom is -0.375 e. The monoisotopic (exact) mass is 245 g/mol. The van der Waals surface area contributed by atoms with Gasteiger partial charge in [-0.3, -0.25) is 0 Å². The molecule has 1 aliphatic heterocycles. The summed E-state index contributed by atoms with van der Waals surface area (Å²) in [7, 11) is 0. The Kier molecular flexibility index (Phi) is 4.19. The summed E-state index contributed by atoms with van der Waals surface area (Å²) in [6, 6.07) is 8.13. The van der Waals surface area contributed by atoms with E-state index in [1.165, 1.54) is 0 Å². The van der Waals surface area contributed by atoms with Crippen molar-refractivity contribution in [1.82, 2.24) is 0 Å². The fraction of sp³-hybridized carbons (Fsp3) is 0.500. The lowest BCUT2D eigenvalue weighted by Crippen LogP contribution is -2.42. The number of hydrogen-bond acceptors (Lipinski definition) is 4. The summed E-state index contributed by atoms with van der Waals surface area (Å²) in [6.45, 7) is 5.01. The molecular formula is C14H19N3O. The molecule has 0 saturated carbocycles. The number of nitrogens with two attached hydrogens (primary N) is 1. The van der Waals surface area contributed by atoms with E-state index in [9.17, 15) is 5.26 Å². The molecule has 1 unspecified atom stereocenters. The molecule has 0 bridgehead atoms. The third-order valence-corrected chi connectivity index (χ3v) is 3.35. The van der Waals surface area contributed by atoms with Crippen LogP contribution in [0.15, 0.2) is 18.2 Å². The number of nitriles is 1. The first-order chi connectivity index (χ1) is 8.78. The highest BCUT2D eigenvalue weighted by molar-refractivity contribution is 5.60. The minimum absolute atomic E-state index is 0.263. The van der Waals surface area contributed by atoms with Crippen LogP contribution < -0.4 is 10.6 Å². The maximum absolute atomic E-state index is 9.24. The van der Waals surface area contributed by atoms with Gasteiger partial charge in [-0.15, -0.1) is 0 Å². The molecule has 0 aromatic heterocycles. The average molecular weight is 245 g/mol. The molecule has 1 aliphatic rings. The van der Waals surface area contributed by atoms with Crippen LogP contribution in [-0.4, -0.2) is 25.8 Å². The van der Waals surface area contributed by atoms with Crippen molar-refractivity contribution < 1.29 is 4.74 Å². The fourth-order valence-corrected chi connectivity index (χ4v) is 2.26. The molecule has 96 valence electrons. The number of hydrogen-bond donors (Lipinski definition) is 1. The second-order valence-corrected chi connectivity index (χ2v) is 4.51. The fourth-order valence-electron chi connectivity index (χ4n) is 2.26. The Labute approximate surface area is 108 Å². The van der Waals surface area contributed by atoms with Crippen LogP contribution in [0, 0.1) is 11.3 Å². The molecule has 1 heterocycles. The van der Waals surface area contributed by atoms with Gasteiger partial charge in [-0.05, 0) is 24.1 Å². The van der Waals surface area contributed by atoms with Gasteiger partial charge in [0.15, 0.2) is 0 Å². The van der Waals surface area contributed by atoms with Gasteiger partial charge in [-0.25, -0.2) is 0 Å². The molecule has 1 fully saturated rings. The molecule has 1 saturated heterocycles. The van der Waals surface area contributed by atoms with Crippen molar-refractivity contribution in [2.75, 3.05) is 24.6 Å². The molecule has 18 heavy (non-hydrogen) atoms. The van der Waals surface area contributed by atoms with Crippen LogP contribution in [0.25, 0.3) is 0 Å². The van der Waals surface area contributed by atoms with Crippen LogP contribution in [0.2, 0.25) is 0 Å². The Hall–Kier alpha value is -1.57. The lowest BCUT2D eigenvalue weighted by molar-refractivity contribution is 0.0384. The lowest BCUT2D eigenvalue weighted by atomic mass is 10.1. The Balaban J connectivity index is 2.24. The van der Waals surface area contributed by atoms with Crippen molar-refractivity contribution in [3.63, 3.8) is 0 Å². The van der Waals surface area contributed by atoms with Gasteiger partial charge in [0.05, 0.1) is 24.0 Å². The van der Waals surface area contributed by atoms with Gasteiger partial charge < -0.3 is 15.4 Å². The highest BCUT2D eigenvalue weighted by Gasteiger charge is 2.21.